The Morgan fingerprint density at radius 2 is 2.31 bits per heavy atom. The minimum absolute atomic E-state index is 0.0183. The summed E-state index contributed by atoms with van der Waals surface area (Å²) in [5.41, 5.74) is 0.476. The monoisotopic (exact) mass is 218 g/mol. The van der Waals surface area contributed by atoms with Crippen molar-refractivity contribution in [3.05, 3.63) is 46.8 Å². The first-order chi connectivity index (χ1) is 7.74. The first kappa shape index (κ1) is 10.3. The maximum absolute atomic E-state index is 10.8. The van der Waals surface area contributed by atoms with Crippen LogP contribution in [0.15, 0.2) is 30.9 Å². The van der Waals surface area contributed by atoms with Gasteiger partial charge in [0.25, 0.3) is 0 Å². The number of hydrogen-bond acceptors (Lipinski definition) is 4. The normalized spacial score (nSPS) is 10.3. The molecule has 2 aromatic rings. The minimum Gasteiger partial charge on any atom is -0.297 e. The first-order valence-electron chi connectivity index (χ1n) is 4.85. The van der Waals surface area contributed by atoms with E-state index >= 15 is 0 Å². The van der Waals surface area contributed by atoms with Gasteiger partial charge in [0.1, 0.15) is 17.7 Å². The van der Waals surface area contributed by atoms with Crippen LogP contribution < -0.4 is 0 Å². The molecule has 6 heteroatoms. The maximum Gasteiger partial charge on any atom is 0.311 e. The molecule has 0 N–H and O–H groups in total. The van der Waals surface area contributed by atoms with Crippen LogP contribution in [0.4, 0.5) is 5.69 Å². The minimum atomic E-state index is -0.443. The smallest absolute Gasteiger partial charge is 0.297 e. The predicted molar refractivity (Wildman–Crippen MR) is 57.4 cm³/mol. The quantitative estimate of drug-likeness (QED) is 0.581. The van der Waals surface area contributed by atoms with E-state index in [0.29, 0.717) is 12.1 Å². The summed E-state index contributed by atoms with van der Waals surface area (Å²) < 4.78 is 1.71. The Labute approximate surface area is 91.7 Å². The molecule has 0 saturated carbocycles. The third kappa shape index (κ3) is 1.65. The van der Waals surface area contributed by atoms with Crippen LogP contribution in [0.25, 0.3) is 5.69 Å². The summed E-state index contributed by atoms with van der Waals surface area (Å²) in [7, 11) is 0. The van der Waals surface area contributed by atoms with E-state index in [1.54, 1.807) is 23.0 Å². The number of aryl methyl sites for hydroxylation is 1. The summed E-state index contributed by atoms with van der Waals surface area (Å²) in [5.74, 6) is 0.786. The molecule has 0 aliphatic rings. The molecule has 0 amide bonds. The Balaban J connectivity index is 2.60. The molecule has 16 heavy (non-hydrogen) atoms. The summed E-state index contributed by atoms with van der Waals surface area (Å²) in [4.78, 5) is 18.3. The Morgan fingerprint density at radius 1 is 1.50 bits per heavy atom. The lowest BCUT2D eigenvalue weighted by Crippen LogP contribution is -2.03. The Hall–Kier alpha value is -2.24. The van der Waals surface area contributed by atoms with Crippen molar-refractivity contribution >= 4 is 5.69 Å². The van der Waals surface area contributed by atoms with Gasteiger partial charge >= 0.3 is 5.69 Å². The lowest BCUT2D eigenvalue weighted by molar-refractivity contribution is -0.384. The van der Waals surface area contributed by atoms with Gasteiger partial charge in [0.05, 0.1) is 4.92 Å². The lowest BCUT2D eigenvalue weighted by atomic mass is 10.3. The molecule has 0 fully saturated rings. The van der Waals surface area contributed by atoms with Crippen LogP contribution in [0.1, 0.15) is 12.7 Å². The average Bonchev–Trinajstić information content (AvgIpc) is 2.76. The number of hydrogen-bond donors (Lipinski definition) is 0. The molecule has 2 rings (SSSR count). The van der Waals surface area contributed by atoms with Crippen molar-refractivity contribution in [2.45, 2.75) is 13.3 Å². The molecule has 0 spiro atoms. The average molecular weight is 218 g/mol. The highest BCUT2D eigenvalue weighted by Gasteiger charge is 2.16. The number of imidazole rings is 1. The van der Waals surface area contributed by atoms with E-state index in [-0.39, 0.29) is 5.69 Å². The second kappa shape index (κ2) is 4.09. The van der Waals surface area contributed by atoms with Crippen LogP contribution in [-0.2, 0) is 6.42 Å². The van der Waals surface area contributed by atoms with Crippen molar-refractivity contribution < 1.29 is 4.92 Å². The van der Waals surface area contributed by atoms with Crippen molar-refractivity contribution in [1.29, 1.82) is 0 Å². The predicted octanol–water partition coefficient (Wildman–Crippen LogP) is 1.74. The first-order valence-corrected chi connectivity index (χ1v) is 4.85. The van der Waals surface area contributed by atoms with E-state index in [1.165, 1.54) is 12.4 Å². The van der Waals surface area contributed by atoms with E-state index in [2.05, 4.69) is 9.97 Å². The highest BCUT2D eigenvalue weighted by atomic mass is 16.6. The number of rotatable bonds is 3. The number of pyridine rings is 1. The van der Waals surface area contributed by atoms with Gasteiger partial charge < -0.3 is 0 Å². The standard InChI is InChI=1S/C10H10N4O2/c1-2-10-12-5-6-13(10)8-3-4-11-7-9(8)14(15)16/h3-7H,2H2,1H3. The number of nitro groups is 1. The Kier molecular flexibility index (Phi) is 2.63. The molecule has 0 unspecified atom stereocenters. The summed E-state index contributed by atoms with van der Waals surface area (Å²) in [6.45, 7) is 1.95. The summed E-state index contributed by atoms with van der Waals surface area (Å²) >= 11 is 0. The van der Waals surface area contributed by atoms with Gasteiger partial charge in [-0.25, -0.2) is 4.98 Å². The van der Waals surface area contributed by atoms with Gasteiger partial charge in [-0.15, -0.1) is 0 Å². The molecular formula is C10H10N4O2. The second-order valence-electron chi connectivity index (χ2n) is 3.19. The second-order valence-corrected chi connectivity index (χ2v) is 3.19. The Morgan fingerprint density at radius 3 is 3.00 bits per heavy atom. The zero-order valence-corrected chi connectivity index (χ0v) is 8.70. The molecule has 0 atom stereocenters. The van der Waals surface area contributed by atoms with E-state index in [4.69, 9.17) is 0 Å². The van der Waals surface area contributed by atoms with Gasteiger partial charge in [0.15, 0.2) is 0 Å². The molecule has 0 aliphatic heterocycles. The zero-order chi connectivity index (χ0) is 11.5. The van der Waals surface area contributed by atoms with Crippen molar-refractivity contribution in [2.24, 2.45) is 0 Å². The summed E-state index contributed by atoms with van der Waals surface area (Å²) in [6.07, 6.45) is 6.83. The van der Waals surface area contributed by atoms with Crippen LogP contribution in [0.2, 0.25) is 0 Å². The topological polar surface area (TPSA) is 73.8 Å². The Bertz CT molecular complexity index is 521. The zero-order valence-electron chi connectivity index (χ0n) is 8.70. The number of aromatic nitrogens is 3. The fourth-order valence-corrected chi connectivity index (χ4v) is 1.54. The molecule has 82 valence electrons. The number of nitrogens with zero attached hydrogens (tertiary/aromatic N) is 4. The lowest BCUT2D eigenvalue weighted by Gasteiger charge is -2.05. The third-order valence-electron chi connectivity index (χ3n) is 2.27. The van der Waals surface area contributed by atoms with E-state index in [0.717, 1.165) is 5.82 Å². The van der Waals surface area contributed by atoms with Gasteiger partial charge in [0.2, 0.25) is 0 Å². The molecule has 2 aromatic heterocycles. The third-order valence-corrected chi connectivity index (χ3v) is 2.27. The van der Waals surface area contributed by atoms with Gasteiger partial charge in [0, 0.05) is 25.0 Å². The van der Waals surface area contributed by atoms with Crippen LogP contribution in [0, 0.1) is 10.1 Å². The van der Waals surface area contributed by atoms with Crippen molar-refractivity contribution in [2.75, 3.05) is 0 Å². The summed E-state index contributed by atoms with van der Waals surface area (Å²) in [6, 6.07) is 1.61. The van der Waals surface area contributed by atoms with Gasteiger partial charge in [-0.3, -0.25) is 19.7 Å². The van der Waals surface area contributed by atoms with Crippen LogP contribution in [-0.4, -0.2) is 19.5 Å². The van der Waals surface area contributed by atoms with Gasteiger partial charge in [-0.1, -0.05) is 6.92 Å². The fourth-order valence-electron chi connectivity index (χ4n) is 1.54. The molecule has 0 bridgehead atoms. The largest absolute Gasteiger partial charge is 0.311 e. The highest BCUT2D eigenvalue weighted by molar-refractivity contribution is 5.50. The maximum atomic E-state index is 10.8. The van der Waals surface area contributed by atoms with Crippen molar-refractivity contribution in [1.82, 2.24) is 14.5 Å². The van der Waals surface area contributed by atoms with E-state index in [9.17, 15) is 10.1 Å². The van der Waals surface area contributed by atoms with Gasteiger partial charge in [-0.2, -0.15) is 0 Å². The van der Waals surface area contributed by atoms with Crippen LogP contribution in [0.5, 0.6) is 0 Å². The van der Waals surface area contributed by atoms with Crippen molar-refractivity contribution in [3.63, 3.8) is 0 Å². The molecule has 2 heterocycles. The van der Waals surface area contributed by atoms with Crippen LogP contribution in [0.3, 0.4) is 0 Å². The molecule has 0 aliphatic carbocycles. The molecule has 0 saturated heterocycles. The molecular weight excluding hydrogens is 208 g/mol. The highest BCUT2D eigenvalue weighted by Crippen LogP contribution is 2.22. The molecule has 0 aromatic carbocycles. The van der Waals surface area contributed by atoms with Crippen molar-refractivity contribution in [3.8, 4) is 5.69 Å². The molecule has 0 radical (unpaired) electrons. The fraction of sp³-hybridized carbons (Fsp3) is 0.200. The van der Waals surface area contributed by atoms with Gasteiger partial charge in [-0.05, 0) is 6.07 Å². The molecule has 6 nitrogen and oxygen atoms in total. The van der Waals surface area contributed by atoms with Crippen LogP contribution >= 0.6 is 0 Å². The summed E-state index contributed by atoms with van der Waals surface area (Å²) in [5, 5.41) is 10.8. The SMILES string of the molecule is CCc1nccn1-c1ccncc1[N+](=O)[O-]. The van der Waals surface area contributed by atoms with E-state index < -0.39 is 4.92 Å². The van der Waals surface area contributed by atoms with E-state index in [1.807, 2.05) is 6.92 Å².